The SMILES string of the molecule is [C+]1=Cc2ccccc2C1. The largest absolute Gasteiger partial charge is 0.163 e. The Bertz CT molecular complexity index is 246. The molecular weight excluding hydrogens is 108 g/mol. The summed E-state index contributed by atoms with van der Waals surface area (Å²) in [6, 6.07) is 8.39. The smallest absolute Gasteiger partial charge is 0.0582 e. The number of allylic oxidation sites excluding steroid dienone is 1. The average Bonchev–Trinajstić information content (AvgIpc) is 2.33. The summed E-state index contributed by atoms with van der Waals surface area (Å²) < 4.78 is 0. The molecule has 0 fully saturated rings. The van der Waals surface area contributed by atoms with E-state index in [2.05, 4.69) is 36.4 Å². The van der Waals surface area contributed by atoms with Crippen LogP contribution in [0.4, 0.5) is 0 Å². The van der Waals surface area contributed by atoms with Gasteiger partial charge in [-0.15, -0.1) is 0 Å². The molecule has 1 aliphatic carbocycles. The van der Waals surface area contributed by atoms with Crippen LogP contribution >= 0.6 is 0 Å². The molecule has 0 N–H and O–H groups in total. The molecule has 0 heteroatoms. The van der Waals surface area contributed by atoms with Crippen LogP contribution in [0.5, 0.6) is 0 Å². The van der Waals surface area contributed by atoms with Crippen LogP contribution in [-0.2, 0) is 6.42 Å². The van der Waals surface area contributed by atoms with Crippen LogP contribution in [0.15, 0.2) is 24.3 Å². The number of benzene rings is 1. The van der Waals surface area contributed by atoms with Crippen LogP contribution in [0.1, 0.15) is 11.1 Å². The maximum Gasteiger partial charge on any atom is 0.163 e. The van der Waals surface area contributed by atoms with Crippen molar-refractivity contribution in [1.29, 1.82) is 0 Å². The standard InChI is InChI=1S/C9H7/c1-2-5-9-7-3-6-8(9)4-1/h1-2,4-6H,7H2/q+1. The first-order chi connectivity index (χ1) is 4.47. The summed E-state index contributed by atoms with van der Waals surface area (Å²) in [5.41, 5.74) is 2.73. The van der Waals surface area contributed by atoms with Crippen molar-refractivity contribution in [3.8, 4) is 0 Å². The Morgan fingerprint density at radius 1 is 1.22 bits per heavy atom. The fourth-order valence-electron chi connectivity index (χ4n) is 1.11. The molecule has 0 heterocycles. The highest BCUT2D eigenvalue weighted by Crippen LogP contribution is 2.16. The van der Waals surface area contributed by atoms with Gasteiger partial charge in [0, 0.05) is 6.07 Å². The second-order valence-corrected chi connectivity index (χ2v) is 2.22. The monoisotopic (exact) mass is 115 g/mol. The lowest BCUT2D eigenvalue weighted by Gasteiger charge is -1.83. The van der Waals surface area contributed by atoms with E-state index in [0.29, 0.717) is 0 Å². The van der Waals surface area contributed by atoms with Crippen molar-refractivity contribution < 1.29 is 0 Å². The molecule has 0 bridgehead atoms. The molecular formula is C9H7+. The molecule has 0 saturated carbocycles. The van der Waals surface area contributed by atoms with Gasteiger partial charge in [0.15, 0.2) is 6.08 Å². The summed E-state index contributed by atoms with van der Waals surface area (Å²) in [5.74, 6) is 0. The molecule has 1 aromatic carbocycles. The van der Waals surface area contributed by atoms with Gasteiger partial charge in [0.1, 0.15) is 12.0 Å². The van der Waals surface area contributed by atoms with Crippen LogP contribution in [-0.4, -0.2) is 0 Å². The minimum Gasteiger partial charge on any atom is -0.0582 e. The summed E-state index contributed by atoms with van der Waals surface area (Å²) >= 11 is 0. The zero-order valence-electron chi connectivity index (χ0n) is 5.09. The van der Waals surface area contributed by atoms with Crippen LogP contribution < -0.4 is 0 Å². The summed E-state index contributed by atoms with van der Waals surface area (Å²) in [7, 11) is 0. The van der Waals surface area contributed by atoms with Crippen molar-refractivity contribution in [1.82, 2.24) is 0 Å². The molecule has 2 rings (SSSR count). The zero-order chi connectivity index (χ0) is 6.10. The van der Waals surface area contributed by atoms with Gasteiger partial charge < -0.3 is 0 Å². The maximum absolute atomic E-state index is 3.16. The van der Waals surface area contributed by atoms with E-state index < -0.39 is 0 Å². The van der Waals surface area contributed by atoms with E-state index in [-0.39, 0.29) is 0 Å². The van der Waals surface area contributed by atoms with E-state index >= 15 is 0 Å². The Hall–Kier alpha value is -1.13. The van der Waals surface area contributed by atoms with Gasteiger partial charge in [-0.1, -0.05) is 6.07 Å². The molecule has 1 aromatic rings. The second-order valence-electron chi connectivity index (χ2n) is 2.22. The molecule has 9 heavy (non-hydrogen) atoms. The van der Waals surface area contributed by atoms with Crippen LogP contribution in [0.25, 0.3) is 6.08 Å². The minimum absolute atomic E-state index is 0.996. The second kappa shape index (κ2) is 1.68. The molecule has 0 aliphatic heterocycles. The third kappa shape index (κ3) is 0.647. The molecule has 0 amide bonds. The molecule has 0 spiro atoms. The van der Waals surface area contributed by atoms with Gasteiger partial charge in [-0.05, 0) is 12.1 Å². The number of fused-ring (bicyclic) bond motifs is 1. The van der Waals surface area contributed by atoms with E-state index in [1.54, 1.807) is 0 Å². The zero-order valence-corrected chi connectivity index (χ0v) is 5.09. The topological polar surface area (TPSA) is 0 Å². The summed E-state index contributed by atoms with van der Waals surface area (Å²) in [4.78, 5) is 0. The molecule has 0 radical (unpaired) electrons. The Morgan fingerprint density at radius 2 is 2.11 bits per heavy atom. The van der Waals surface area contributed by atoms with Crippen molar-refractivity contribution in [2.75, 3.05) is 0 Å². The number of hydrogen-bond acceptors (Lipinski definition) is 0. The fourth-order valence-corrected chi connectivity index (χ4v) is 1.11. The van der Waals surface area contributed by atoms with Gasteiger partial charge in [0.05, 0.1) is 11.6 Å². The minimum atomic E-state index is 0.996. The first-order valence-corrected chi connectivity index (χ1v) is 3.11. The van der Waals surface area contributed by atoms with Crippen LogP contribution in [0.2, 0.25) is 0 Å². The molecule has 42 valence electrons. The average molecular weight is 115 g/mol. The third-order valence-electron chi connectivity index (χ3n) is 1.61. The Labute approximate surface area is 54.8 Å². The highest BCUT2D eigenvalue weighted by Gasteiger charge is 2.12. The summed E-state index contributed by atoms with van der Waals surface area (Å²) in [5, 5.41) is 0. The molecule has 0 atom stereocenters. The number of hydrogen-bond donors (Lipinski definition) is 0. The molecule has 1 aliphatic rings. The fraction of sp³-hybridized carbons (Fsp3) is 0.111. The quantitative estimate of drug-likeness (QED) is 0.454. The van der Waals surface area contributed by atoms with Gasteiger partial charge in [0.2, 0.25) is 0 Å². The predicted molar refractivity (Wildman–Crippen MR) is 37.9 cm³/mol. The van der Waals surface area contributed by atoms with Gasteiger partial charge in [0.25, 0.3) is 0 Å². The van der Waals surface area contributed by atoms with Gasteiger partial charge in [-0.2, -0.15) is 0 Å². The highest BCUT2D eigenvalue weighted by atomic mass is 14.0. The molecule has 0 unspecified atom stereocenters. The lowest BCUT2D eigenvalue weighted by atomic mass is 10.1. The van der Waals surface area contributed by atoms with Crippen molar-refractivity contribution in [2.45, 2.75) is 6.42 Å². The van der Waals surface area contributed by atoms with E-state index in [9.17, 15) is 0 Å². The van der Waals surface area contributed by atoms with Crippen molar-refractivity contribution >= 4 is 6.08 Å². The van der Waals surface area contributed by atoms with E-state index in [1.807, 2.05) is 0 Å². The Morgan fingerprint density at radius 3 is 3.00 bits per heavy atom. The Balaban J connectivity index is 2.63. The highest BCUT2D eigenvalue weighted by molar-refractivity contribution is 5.57. The normalized spacial score (nSPS) is 12.9. The molecule has 0 aromatic heterocycles. The van der Waals surface area contributed by atoms with E-state index in [0.717, 1.165) is 6.42 Å². The van der Waals surface area contributed by atoms with Gasteiger partial charge >= 0.3 is 0 Å². The first kappa shape index (κ1) is 4.72. The predicted octanol–water partition coefficient (Wildman–Crippen LogP) is 2.06. The Kier molecular flexibility index (Phi) is 0.881. The molecule has 0 nitrogen and oxygen atoms in total. The van der Waals surface area contributed by atoms with E-state index in [4.69, 9.17) is 0 Å². The lowest BCUT2D eigenvalue weighted by molar-refractivity contribution is 1.28. The molecule has 0 saturated heterocycles. The van der Waals surface area contributed by atoms with Gasteiger partial charge in [-0.3, -0.25) is 0 Å². The van der Waals surface area contributed by atoms with Crippen molar-refractivity contribution in [3.63, 3.8) is 0 Å². The van der Waals surface area contributed by atoms with Crippen LogP contribution in [0.3, 0.4) is 0 Å². The summed E-state index contributed by atoms with van der Waals surface area (Å²) in [6.45, 7) is 0. The summed E-state index contributed by atoms with van der Waals surface area (Å²) in [6.07, 6.45) is 6.21. The van der Waals surface area contributed by atoms with Crippen molar-refractivity contribution in [3.05, 3.63) is 41.5 Å². The van der Waals surface area contributed by atoms with Gasteiger partial charge in [-0.25, -0.2) is 0 Å². The van der Waals surface area contributed by atoms with Crippen LogP contribution in [0, 0.1) is 6.08 Å². The maximum atomic E-state index is 3.16. The first-order valence-electron chi connectivity index (χ1n) is 3.11. The van der Waals surface area contributed by atoms with Crippen molar-refractivity contribution in [2.24, 2.45) is 0 Å². The third-order valence-corrected chi connectivity index (χ3v) is 1.61. The van der Waals surface area contributed by atoms with E-state index in [1.165, 1.54) is 11.1 Å². The number of rotatable bonds is 0. The lowest BCUT2D eigenvalue weighted by Crippen LogP contribution is -1.77.